The molecule has 0 bridgehead atoms. The van der Waals surface area contributed by atoms with Crippen molar-refractivity contribution < 1.29 is 9.18 Å². The van der Waals surface area contributed by atoms with Crippen molar-refractivity contribution >= 4 is 23.4 Å². The summed E-state index contributed by atoms with van der Waals surface area (Å²) in [6, 6.07) is 16.2. The van der Waals surface area contributed by atoms with Crippen molar-refractivity contribution in [3.8, 4) is 0 Å². The van der Waals surface area contributed by atoms with Gasteiger partial charge in [-0.2, -0.15) is 0 Å². The summed E-state index contributed by atoms with van der Waals surface area (Å²) >= 11 is 1.57. The normalized spacial score (nSPS) is 11.9. The van der Waals surface area contributed by atoms with Gasteiger partial charge in [0, 0.05) is 5.75 Å². The Balaban J connectivity index is 1.94. The third kappa shape index (κ3) is 4.60. The van der Waals surface area contributed by atoms with Crippen LogP contribution in [0.3, 0.4) is 0 Å². The van der Waals surface area contributed by atoms with Crippen LogP contribution >= 0.6 is 11.8 Å². The van der Waals surface area contributed by atoms with Gasteiger partial charge in [-0.05, 0) is 24.1 Å². The largest absolute Gasteiger partial charge is 0.323 e. The van der Waals surface area contributed by atoms with Crippen molar-refractivity contribution in [1.29, 1.82) is 0 Å². The lowest BCUT2D eigenvalue weighted by Gasteiger charge is -2.15. The van der Waals surface area contributed by atoms with Crippen LogP contribution in [-0.4, -0.2) is 11.2 Å². The van der Waals surface area contributed by atoms with E-state index >= 15 is 0 Å². The van der Waals surface area contributed by atoms with E-state index < -0.39 is 5.82 Å². The number of hydrogen-bond acceptors (Lipinski definition) is 2. The molecule has 110 valence electrons. The molecule has 0 saturated carbocycles. The molecular formula is C17H18FNOS. The highest BCUT2D eigenvalue weighted by atomic mass is 32.2. The summed E-state index contributed by atoms with van der Waals surface area (Å²) in [6.45, 7) is 1.96. The van der Waals surface area contributed by atoms with E-state index in [0.29, 0.717) is 6.42 Å². The summed E-state index contributed by atoms with van der Waals surface area (Å²) < 4.78 is 13.5. The van der Waals surface area contributed by atoms with Gasteiger partial charge in [0.25, 0.3) is 0 Å². The van der Waals surface area contributed by atoms with Gasteiger partial charge in [0.05, 0.1) is 10.9 Å². The van der Waals surface area contributed by atoms with Crippen molar-refractivity contribution in [2.24, 2.45) is 0 Å². The molecule has 1 unspecified atom stereocenters. The van der Waals surface area contributed by atoms with E-state index in [2.05, 4.69) is 5.32 Å². The Morgan fingerprint density at radius 1 is 1.14 bits per heavy atom. The van der Waals surface area contributed by atoms with Crippen molar-refractivity contribution in [1.82, 2.24) is 0 Å². The third-order valence-corrected chi connectivity index (χ3v) is 4.54. The fourth-order valence-corrected chi connectivity index (χ4v) is 2.96. The zero-order valence-corrected chi connectivity index (χ0v) is 12.7. The number of thioether (sulfide) groups is 1. The Kier molecular flexibility index (Phi) is 5.81. The van der Waals surface area contributed by atoms with Crippen molar-refractivity contribution in [2.75, 3.05) is 5.32 Å². The molecule has 2 rings (SSSR count). The van der Waals surface area contributed by atoms with Gasteiger partial charge < -0.3 is 5.32 Å². The molecule has 0 saturated heterocycles. The van der Waals surface area contributed by atoms with Gasteiger partial charge in [0.2, 0.25) is 5.91 Å². The summed E-state index contributed by atoms with van der Waals surface area (Å²) in [7, 11) is 0. The summed E-state index contributed by atoms with van der Waals surface area (Å²) in [4.78, 5) is 12.2. The molecule has 0 aromatic heterocycles. The van der Waals surface area contributed by atoms with Gasteiger partial charge in [-0.3, -0.25) is 4.79 Å². The first-order valence-electron chi connectivity index (χ1n) is 6.91. The van der Waals surface area contributed by atoms with E-state index in [-0.39, 0.29) is 16.8 Å². The molecule has 21 heavy (non-hydrogen) atoms. The minimum Gasteiger partial charge on any atom is -0.323 e. The van der Waals surface area contributed by atoms with Gasteiger partial charge in [-0.25, -0.2) is 4.39 Å². The number of carbonyl (C=O) groups is 1. The Bertz CT molecular complexity index is 588. The lowest BCUT2D eigenvalue weighted by atomic mass is 10.2. The Morgan fingerprint density at radius 2 is 1.81 bits per heavy atom. The molecule has 0 fully saturated rings. The van der Waals surface area contributed by atoms with E-state index in [9.17, 15) is 9.18 Å². The van der Waals surface area contributed by atoms with E-state index in [4.69, 9.17) is 0 Å². The van der Waals surface area contributed by atoms with Crippen molar-refractivity contribution in [3.63, 3.8) is 0 Å². The van der Waals surface area contributed by atoms with Gasteiger partial charge >= 0.3 is 0 Å². The number of carbonyl (C=O) groups excluding carboxylic acids is 1. The maximum Gasteiger partial charge on any atom is 0.237 e. The number of hydrogen-bond donors (Lipinski definition) is 1. The van der Waals surface area contributed by atoms with Crippen LogP contribution in [0.2, 0.25) is 0 Å². The lowest BCUT2D eigenvalue weighted by Crippen LogP contribution is -2.25. The van der Waals surface area contributed by atoms with Crippen LogP contribution in [0.4, 0.5) is 10.1 Å². The average Bonchev–Trinajstić information content (AvgIpc) is 2.51. The molecule has 0 aliphatic carbocycles. The smallest absolute Gasteiger partial charge is 0.237 e. The highest BCUT2D eigenvalue weighted by molar-refractivity contribution is 7.99. The van der Waals surface area contributed by atoms with E-state index in [0.717, 1.165) is 5.75 Å². The molecule has 0 radical (unpaired) electrons. The van der Waals surface area contributed by atoms with Crippen LogP contribution in [-0.2, 0) is 10.5 Å². The molecule has 4 heteroatoms. The van der Waals surface area contributed by atoms with Crippen molar-refractivity contribution in [3.05, 3.63) is 66.0 Å². The van der Waals surface area contributed by atoms with Crippen molar-refractivity contribution in [2.45, 2.75) is 24.3 Å². The van der Waals surface area contributed by atoms with Crippen LogP contribution < -0.4 is 5.32 Å². The molecule has 0 aliphatic rings. The molecule has 0 spiro atoms. The zero-order chi connectivity index (χ0) is 15.1. The second-order valence-corrected chi connectivity index (χ2v) is 5.85. The number of para-hydroxylation sites is 1. The number of halogens is 1. The Hall–Kier alpha value is -1.81. The van der Waals surface area contributed by atoms with Crippen LogP contribution in [0.5, 0.6) is 0 Å². The average molecular weight is 303 g/mol. The molecule has 2 aromatic rings. The maximum absolute atomic E-state index is 13.5. The Morgan fingerprint density at radius 3 is 2.48 bits per heavy atom. The first-order valence-corrected chi connectivity index (χ1v) is 7.96. The second-order valence-electron chi connectivity index (χ2n) is 4.66. The maximum atomic E-state index is 13.5. The first kappa shape index (κ1) is 15.6. The third-order valence-electron chi connectivity index (χ3n) is 3.09. The molecule has 2 aromatic carbocycles. The highest BCUT2D eigenvalue weighted by Gasteiger charge is 2.18. The molecule has 2 nitrogen and oxygen atoms in total. The topological polar surface area (TPSA) is 29.1 Å². The van der Waals surface area contributed by atoms with E-state index in [1.807, 2.05) is 37.3 Å². The number of anilines is 1. The molecule has 1 atom stereocenters. The second kappa shape index (κ2) is 7.84. The molecule has 1 amide bonds. The monoisotopic (exact) mass is 303 g/mol. The number of benzene rings is 2. The minimum absolute atomic E-state index is 0.150. The van der Waals surface area contributed by atoms with Gasteiger partial charge in [0.15, 0.2) is 0 Å². The first-order chi connectivity index (χ1) is 10.2. The predicted octanol–water partition coefficient (Wildman–Crippen LogP) is 4.48. The summed E-state index contributed by atoms with van der Waals surface area (Å²) in [5.74, 6) is 0.210. The Labute approximate surface area is 128 Å². The SMILES string of the molecule is CCC(SCc1ccccc1)C(=O)Nc1ccccc1F. The van der Waals surface area contributed by atoms with Crippen LogP contribution in [0.15, 0.2) is 54.6 Å². The van der Waals surface area contributed by atoms with Crippen LogP contribution in [0.25, 0.3) is 0 Å². The van der Waals surface area contributed by atoms with Crippen LogP contribution in [0, 0.1) is 5.82 Å². The molecule has 0 heterocycles. The number of amides is 1. The molecular weight excluding hydrogens is 285 g/mol. The minimum atomic E-state index is -0.409. The summed E-state index contributed by atoms with van der Waals surface area (Å²) in [5.41, 5.74) is 1.42. The highest BCUT2D eigenvalue weighted by Crippen LogP contribution is 2.22. The van der Waals surface area contributed by atoms with Gasteiger partial charge in [0.1, 0.15) is 5.82 Å². The fourth-order valence-electron chi connectivity index (χ4n) is 1.93. The zero-order valence-electron chi connectivity index (χ0n) is 11.9. The quantitative estimate of drug-likeness (QED) is 0.852. The summed E-state index contributed by atoms with van der Waals surface area (Å²) in [6.07, 6.45) is 0.706. The lowest BCUT2D eigenvalue weighted by molar-refractivity contribution is -0.115. The van der Waals surface area contributed by atoms with Crippen LogP contribution in [0.1, 0.15) is 18.9 Å². The fraction of sp³-hybridized carbons (Fsp3) is 0.235. The number of rotatable bonds is 6. The van der Waals surface area contributed by atoms with Gasteiger partial charge in [-0.1, -0.05) is 49.4 Å². The molecule has 0 aliphatic heterocycles. The summed E-state index contributed by atoms with van der Waals surface area (Å²) in [5, 5.41) is 2.47. The van der Waals surface area contributed by atoms with Gasteiger partial charge in [-0.15, -0.1) is 11.8 Å². The standard InChI is InChI=1S/C17H18FNOS/c1-2-16(21-12-13-8-4-3-5-9-13)17(20)19-15-11-7-6-10-14(15)18/h3-11,16H,2,12H2,1H3,(H,19,20). The van der Waals surface area contributed by atoms with E-state index in [1.165, 1.54) is 11.6 Å². The van der Waals surface area contributed by atoms with E-state index in [1.54, 1.807) is 30.0 Å². The predicted molar refractivity (Wildman–Crippen MR) is 86.8 cm³/mol. The number of nitrogens with one attached hydrogen (secondary N) is 1. The molecule has 1 N–H and O–H groups in total.